The van der Waals surface area contributed by atoms with Crippen molar-refractivity contribution in [2.45, 2.75) is 12.8 Å². The summed E-state index contributed by atoms with van der Waals surface area (Å²) in [5.74, 6) is -1.87. The number of aliphatic carboxylic acids is 1. The summed E-state index contributed by atoms with van der Waals surface area (Å²) < 4.78 is 0. The number of carboxylic acids is 1. The van der Waals surface area contributed by atoms with Gasteiger partial charge in [-0.15, -0.1) is 0 Å². The quantitative estimate of drug-likeness (QED) is 0.881. The first-order valence-electron chi connectivity index (χ1n) is 7.36. The summed E-state index contributed by atoms with van der Waals surface area (Å²) in [7, 11) is 0. The van der Waals surface area contributed by atoms with Crippen LogP contribution in [-0.4, -0.2) is 23.5 Å². The third-order valence-corrected chi connectivity index (χ3v) is 3.85. The lowest BCUT2D eigenvalue weighted by atomic mass is 10.0. The van der Waals surface area contributed by atoms with Crippen LogP contribution in [0.4, 0.5) is 5.69 Å². The second kappa shape index (κ2) is 6.02. The normalized spacial score (nSPS) is 13.6. The predicted octanol–water partition coefficient (Wildman–Crippen LogP) is 3.18. The molecule has 0 spiro atoms. The molecule has 4 nitrogen and oxygen atoms in total. The molecule has 0 bridgehead atoms. The molecule has 0 unspecified atom stereocenters. The molecule has 1 fully saturated rings. The van der Waals surface area contributed by atoms with Crippen LogP contribution in [0.3, 0.4) is 0 Å². The van der Waals surface area contributed by atoms with Crippen LogP contribution in [0.15, 0.2) is 54.6 Å². The van der Waals surface area contributed by atoms with E-state index in [0.29, 0.717) is 18.2 Å². The minimum absolute atomic E-state index is 0.409. The van der Waals surface area contributed by atoms with E-state index >= 15 is 0 Å². The lowest BCUT2D eigenvalue weighted by Crippen LogP contribution is -2.38. The standard InChI is InChI=1S/C18H17NO3/c20-17(18(21)22)19(12-13-10-11-13)16-9-5-4-8-15(16)14-6-2-1-3-7-14/h1-9,13H,10-12H2,(H,21,22). The van der Waals surface area contributed by atoms with Gasteiger partial charge in [-0.2, -0.15) is 0 Å². The maximum absolute atomic E-state index is 12.1. The maximum Gasteiger partial charge on any atom is 0.394 e. The van der Waals surface area contributed by atoms with E-state index in [2.05, 4.69) is 0 Å². The zero-order chi connectivity index (χ0) is 15.5. The second-order valence-electron chi connectivity index (χ2n) is 5.55. The Labute approximate surface area is 129 Å². The van der Waals surface area contributed by atoms with E-state index < -0.39 is 11.9 Å². The SMILES string of the molecule is O=C(O)C(=O)N(CC1CC1)c1ccccc1-c1ccccc1. The Kier molecular flexibility index (Phi) is 3.92. The Balaban J connectivity index is 2.04. The Bertz CT molecular complexity index is 692. The Hall–Kier alpha value is -2.62. The summed E-state index contributed by atoms with van der Waals surface area (Å²) in [5.41, 5.74) is 2.50. The number of anilines is 1. The fraction of sp³-hybridized carbons (Fsp3) is 0.222. The first-order valence-corrected chi connectivity index (χ1v) is 7.36. The summed E-state index contributed by atoms with van der Waals surface area (Å²) in [4.78, 5) is 24.7. The van der Waals surface area contributed by atoms with Crippen molar-refractivity contribution >= 4 is 17.6 Å². The molecule has 0 saturated heterocycles. The van der Waals surface area contributed by atoms with Crippen molar-refractivity contribution in [2.24, 2.45) is 5.92 Å². The number of hydrogen-bond acceptors (Lipinski definition) is 2. The molecule has 2 aromatic carbocycles. The maximum atomic E-state index is 12.1. The highest BCUT2D eigenvalue weighted by Gasteiger charge is 2.31. The van der Waals surface area contributed by atoms with Gasteiger partial charge in [0.25, 0.3) is 0 Å². The van der Waals surface area contributed by atoms with Crippen molar-refractivity contribution in [3.05, 3.63) is 54.6 Å². The minimum atomic E-state index is -1.41. The van der Waals surface area contributed by atoms with E-state index in [-0.39, 0.29) is 0 Å². The number of hydrogen-bond donors (Lipinski definition) is 1. The molecule has 0 heterocycles. The third kappa shape index (κ3) is 3.01. The van der Waals surface area contributed by atoms with Crippen LogP contribution in [0.25, 0.3) is 11.1 Å². The molecule has 1 N–H and O–H groups in total. The average Bonchev–Trinajstić information content (AvgIpc) is 3.37. The largest absolute Gasteiger partial charge is 0.474 e. The number of nitrogens with zero attached hydrogens (tertiary/aromatic N) is 1. The summed E-state index contributed by atoms with van der Waals surface area (Å²) >= 11 is 0. The van der Waals surface area contributed by atoms with Gasteiger partial charge in [0, 0.05) is 12.1 Å². The number of carbonyl (C=O) groups is 2. The number of rotatable bonds is 4. The molecule has 22 heavy (non-hydrogen) atoms. The lowest BCUT2D eigenvalue weighted by Gasteiger charge is -2.23. The number of benzene rings is 2. The Morgan fingerprint density at radius 1 is 1.00 bits per heavy atom. The first kappa shape index (κ1) is 14.3. The molecule has 0 radical (unpaired) electrons. The zero-order valence-corrected chi connectivity index (χ0v) is 12.1. The topological polar surface area (TPSA) is 57.6 Å². The van der Waals surface area contributed by atoms with Gasteiger partial charge in [0.05, 0.1) is 5.69 Å². The van der Waals surface area contributed by atoms with Crippen LogP contribution in [-0.2, 0) is 9.59 Å². The van der Waals surface area contributed by atoms with Gasteiger partial charge >= 0.3 is 11.9 Å². The molecule has 1 amide bonds. The molecular weight excluding hydrogens is 278 g/mol. The smallest absolute Gasteiger partial charge is 0.394 e. The molecule has 4 heteroatoms. The van der Waals surface area contributed by atoms with E-state index in [0.717, 1.165) is 24.0 Å². The lowest BCUT2D eigenvalue weighted by molar-refractivity contribution is -0.148. The highest BCUT2D eigenvalue weighted by molar-refractivity contribution is 6.37. The molecule has 0 aromatic heterocycles. The van der Waals surface area contributed by atoms with Crippen LogP contribution >= 0.6 is 0 Å². The number of amides is 1. The van der Waals surface area contributed by atoms with Crippen LogP contribution in [0, 0.1) is 5.92 Å². The highest BCUT2D eigenvalue weighted by Crippen LogP contribution is 2.35. The van der Waals surface area contributed by atoms with E-state index in [1.54, 1.807) is 0 Å². The number of para-hydroxylation sites is 1. The average molecular weight is 295 g/mol. The van der Waals surface area contributed by atoms with Gasteiger partial charge in [-0.1, -0.05) is 48.5 Å². The monoisotopic (exact) mass is 295 g/mol. The first-order chi connectivity index (χ1) is 10.7. The zero-order valence-electron chi connectivity index (χ0n) is 12.1. The van der Waals surface area contributed by atoms with Crippen LogP contribution in [0.1, 0.15) is 12.8 Å². The van der Waals surface area contributed by atoms with Crippen LogP contribution < -0.4 is 4.90 Å². The van der Waals surface area contributed by atoms with Gasteiger partial charge in [-0.05, 0) is 30.4 Å². The summed E-state index contributed by atoms with van der Waals surface area (Å²) in [5, 5.41) is 9.12. The van der Waals surface area contributed by atoms with E-state index in [1.807, 2.05) is 54.6 Å². The van der Waals surface area contributed by atoms with Gasteiger partial charge in [-0.3, -0.25) is 4.79 Å². The minimum Gasteiger partial charge on any atom is -0.474 e. The molecule has 1 aliphatic rings. The second-order valence-corrected chi connectivity index (χ2v) is 5.55. The van der Waals surface area contributed by atoms with Gasteiger partial charge < -0.3 is 10.0 Å². The summed E-state index contributed by atoms with van der Waals surface area (Å²) in [6, 6.07) is 17.1. The van der Waals surface area contributed by atoms with Crippen LogP contribution in [0.2, 0.25) is 0 Å². The van der Waals surface area contributed by atoms with Gasteiger partial charge in [-0.25, -0.2) is 4.79 Å². The molecule has 0 aliphatic heterocycles. The third-order valence-electron chi connectivity index (χ3n) is 3.85. The van der Waals surface area contributed by atoms with Crippen LogP contribution in [0.5, 0.6) is 0 Å². The molecule has 0 atom stereocenters. The number of carbonyl (C=O) groups excluding carboxylic acids is 1. The Morgan fingerprint density at radius 3 is 2.27 bits per heavy atom. The van der Waals surface area contributed by atoms with Gasteiger partial charge in [0.1, 0.15) is 0 Å². The van der Waals surface area contributed by atoms with Crippen molar-refractivity contribution < 1.29 is 14.7 Å². The van der Waals surface area contributed by atoms with Gasteiger partial charge in [0.2, 0.25) is 0 Å². The van der Waals surface area contributed by atoms with Crippen molar-refractivity contribution in [1.29, 1.82) is 0 Å². The summed E-state index contributed by atoms with van der Waals surface area (Å²) in [6.07, 6.45) is 2.10. The van der Waals surface area contributed by atoms with E-state index in [9.17, 15) is 9.59 Å². The molecule has 2 aromatic rings. The Morgan fingerprint density at radius 2 is 1.64 bits per heavy atom. The molecular formula is C18H17NO3. The van der Waals surface area contributed by atoms with E-state index in [1.165, 1.54) is 4.90 Å². The van der Waals surface area contributed by atoms with E-state index in [4.69, 9.17) is 5.11 Å². The molecule has 1 saturated carbocycles. The number of carboxylic acid groups (broad SMARTS) is 1. The predicted molar refractivity (Wildman–Crippen MR) is 84.6 cm³/mol. The van der Waals surface area contributed by atoms with Crippen molar-refractivity contribution in [2.75, 3.05) is 11.4 Å². The molecule has 1 aliphatic carbocycles. The summed E-state index contributed by atoms with van der Waals surface area (Å²) in [6.45, 7) is 0.467. The fourth-order valence-electron chi connectivity index (χ4n) is 2.54. The molecule has 112 valence electrons. The molecule has 3 rings (SSSR count). The van der Waals surface area contributed by atoms with Gasteiger partial charge in [0.15, 0.2) is 0 Å². The highest BCUT2D eigenvalue weighted by atomic mass is 16.4. The van der Waals surface area contributed by atoms with Crippen molar-refractivity contribution in [3.8, 4) is 11.1 Å². The fourth-order valence-corrected chi connectivity index (χ4v) is 2.54. The van der Waals surface area contributed by atoms with Crippen molar-refractivity contribution in [3.63, 3.8) is 0 Å². The van der Waals surface area contributed by atoms with Crippen molar-refractivity contribution in [1.82, 2.24) is 0 Å².